The number of benzene rings is 1. The van der Waals surface area contributed by atoms with Crippen molar-refractivity contribution in [2.24, 2.45) is 5.92 Å². The van der Waals surface area contributed by atoms with Crippen LogP contribution in [-0.4, -0.2) is 58.2 Å². The van der Waals surface area contributed by atoms with Gasteiger partial charge in [-0.15, -0.1) is 0 Å². The number of carbonyl (C=O) groups excluding carboxylic acids is 2. The van der Waals surface area contributed by atoms with Crippen LogP contribution < -0.4 is 10.2 Å². The van der Waals surface area contributed by atoms with Gasteiger partial charge in [0.15, 0.2) is 5.69 Å². The van der Waals surface area contributed by atoms with Crippen molar-refractivity contribution in [3.63, 3.8) is 0 Å². The first-order valence-corrected chi connectivity index (χ1v) is 12.5. The van der Waals surface area contributed by atoms with Crippen molar-refractivity contribution in [1.82, 2.24) is 25.0 Å². The van der Waals surface area contributed by atoms with E-state index < -0.39 is 0 Å². The largest absolute Gasteiger partial charge is 0.350 e. The Balaban J connectivity index is 1.39. The van der Waals surface area contributed by atoms with Gasteiger partial charge in [-0.05, 0) is 62.1 Å². The molecular formula is C26H27ClN6O2. The molecule has 1 aliphatic carbocycles. The lowest BCUT2D eigenvalue weighted by atomic mass is 10.0. The molecule has 2 amide bonds. The third kappa shape index (κ3) is 4.21. The lowest BCUT2D eigenvalue weighted by Gasteiger charge is -2.30. The second-order valence-corrected chi connectivity index (χ2v) is 10.2. The van der Waals surface area contributed by atoms with Gasteiger partial charge in [0, 0.05) is 48.9 Å². The van der Waals surface area contributed by atoms with Crippen molar-refractivity contribution < 1.29 is 9.59 Å². The van der Waals surface area contributed by atoms with Gasteiger partial charge >= 0.3 is 0 Å². The van der Waals surface area contributed by atoms with Crippen LogP contribution in [0.1, 0.15) is 50.6 Å². The smallest absolute Gasteiger partial charge is 0.277 e. The summed E-state index contributed by atoms with van der Waals surface area (Å²) in [6.45, 7) is 2.91. The number of carbonyl (C=O) groups is 2. The average molecular weight is 491 g/mol. The third-order valence-electron chi connectivity index (χ3n) is 7.06. The van der Waals surface area contributed by atoms with E-state index >= 15 is 0 Å². The number of likely N-dealkylation sites (N-methyl/N-ethyl adjacent to an activating group) is 1. The maximum absolute atomic E-state index is 13.9. The van der Waals surface area contributed by atoms with Crippen LogP contribution >= 0.6 is 11.6 Å². The highest BCUT2D eigenvalue weighted by molar-refractivity contribution is 6.30. The number of hydrogen-bond acceptors (Lipinski definition) is 5. The molecule has 1 aromatic carbocycles. The van der Waals surface area contributed by atoms with Crippen LogP contribution in [-0.2, 0) is 19.4 Å². The Labute approximate surface area is 208 Å². The number of nitrogens with zero attached hydrogens (tertiary/aromatic N) is 5. The minimum Gasteiger partial charge on any atom is -0.350 e. The van der Waals surface area contributed by atoms with Crippen LogP contribution in [0.3, 0.4) is 0 Å². The standard InChI is InChI=1S/C26H27ClN6O2/c1-31-9-8-22-17(15-31)11-20(14-28-22)32-10-7-21-23(25(34)29-13-16-5-6-16)30-33(24(21)26(32)35)19-4-2-3-18(27)12-19/h2-4,11-12,14,16H,5-10,13,15H2,1H3,(H,29,34). The molecule has 0 saturated heterocycles. The first kappa shape index (κ1) is 22.2. The summed E-state index contributed by atoms with van der Waals surface area (Å²) in [6.07, 6.45) is 5.52. The molecule has 3 aromatic rings. The van der Waals surface area contributed by atoms with E-state index in [1.807, 2.05) is 12.1 Å². The van der Waals surface area contributed by atoms with Crippen LogP contribution in [0.5, 0.6) is 0 Å². The summed E-state index contributed by atoms with van der Waals surface area (Å²) in [5.74, 6) is 0.136. The molecule has 9 heteroatoms. The summed E-state index contributed by atoms with van der Waals surface area (Å²) in [5, 5.41) is 8.18. The van der Waals surface area contributed by atoms with Gasteiger partial charge in [-0.1, -0.05) is 17.7 Å². The summed E-state index contributed by atoms with van der Waals surface area (Å²) in [4.78, 5) is 35.6. The number of fused-ring (bicyclic) bond motifs is 2. The highest BCUT2D eigenvalue weighted by atomic mass is 35.5. The van der Waals surface area contributed by atoms with E-state index in [0.29, 0.717) is 53.1 Å². The lowest BCUT2D eigenvalue weighted by Crippen LogP contribution is -2.39. The third-order valence-corrected chi connectivity index (χ3v) is 7.30. The first-order valence-electron chi connectivity index (χ1n) is 12.1. The maximum atomic E-state index is 13.9. The van der Waals surface area contributed by atoms with Crippen molar-refractivity contribution in [2.45, 2.75) is 32.2 Å². The molecule has 8 nitrogen and oxygen atoms in total. The Morgan fingerprint density at radius 2 is 2.03 bits per heavy atom. The number of aromatic nitrogens is 3. The van der Waals surface area contributed by atoms with E-state index in [0.717, 1.165) is 49.3 Å². The molecule has 4 heterocycles. The molecule has 0 bridgehead atoms. The van der Waals surface area contributed by atoms with E-state index in [4.69, 9.17) is 11.6 Å². The second-order valence-electron chi connectivity index (χ2n) is 9.71. The van der Waals surface area contributed by atoms with E-state index in [-0.39, 0.29) is 11.8 Å². The highest BCUT2D eigenvalue weighted by Crippen LogP contribution is 2.31. The van der Waals surface area contributed by atoms with Gasteiger partial charge in [-0.2, -0.15) is 5.10 Å². The zero-order valence-corrected chi connectivity index (χ0v) is 20.4. The van der Waals surface area contributed by atoms with E-state index in [1.54, 1.807) is 27.9 Å². The van der Waals surface area contributed by atoms with Gasteiger partial charge in [0.1, 0.15) is 5.69 Å². The fourth-order valence-corrected chi connectivity index (χ4v) is 5.11. The van der Waals surface area contributed by atoms with Crippen molar-refractivity contribution in [3.05, 3.63) is 69.8 Å². The SMILES string of the molecule is CN1CCc2ncc(N3CCc4c(C(=O)NCC5CC5)nn(-c5cccc(Cl)c5)c4C3=O)cc2C1. The normalized spacial score (nSPS) is 17.8. The number of hydrogen-bond donors (Lipinski definition) is 1. The fourth-order valence-electron chi connectivity index (χ4n) is 4.93. The number of amides is 2. The molecule has 1 saturated carbocycles. The quantitative estimate of drug-likeness (QED) is 0.593. The number of rotatable bonds is 5. The van der Waals surface area contributed by atoms with Crippen LogP contribution in [0.15, 0.2) is 36.5 Å². The van der Waals surface area contributed by atoms with E-state index in [1.165, 1.54) is 0 Å². The molecule has 1 N–H and O–H groups in total. The summed E-state index contributed by atoms with van der Waals surface area (Å²) < 4.78 is 1.57. The molecule has 1 fully saturated rings. The zero-order valence-electron chi connectivity index (χ0n) is 19.6. The minimum atomic E-state index is -0.228. The Morgan fingerprint density at radius 1 is 1.17 bits per heavy atom. The molecule has 2 aromatic heterocycles. The minimum absolute atomic E-state index is 0.189. The number of halogens is 1. The van der Waals surface area contributed by atoms with Gasteiger partial charge in [-0.3, -0.25) is 14.6 Å². The number of nitrogens with one attached hydrogen (secondary N) is 1. The monoisotopic (exact) mass is 490 g/mol. The molecule has 180 valence electrons. The number of anilines is 1. The Hall–Kier alpha value is -3.23. The van der Waals surface area contributed by atoms with Crippen molar-refractivity contribution in [1.29, 1.82) is 0 Å². The van der Waals surface area contributed by atoms with E-state index in [9.17, 15) is 9.59 Å². The van der Waals surface area contributed by atoms with Gasteiger partial charge in [0.2, 0.25) is 0 Å². The lowest BCUT2D eigenvalue weighted by molar-refractivity contribution is 0.0945. The Morgan fingerprint density at radius 3 is 2.83 bits per heavy atom. The van der Waals surface area contributed by atoms with Crippen LogP contribution in [0.25, 0.3) is 5.69 Å². The first-order chi connectivity index (χ1) is 17.0. The summed E-state index contributed by atoms with van der Waals surface area (Å²) in [5.41, 5.74) is 5.08. The summed E-state index contributed by atoms with van der Waals surface area (Å²) in [7, 11) is 2.09. The van der Waals surface area contributed by atoms with Gasteiger partial charge in [0.25, 0.3) is 11.8 Å². The highest BCUT2D eigenvalue weighted by Gasteiger charge is 2.36. The van der Waals surface area contributed by atoms with Crippen LogP contribution in [0.4, 0.5) is 5.69 Å². The van der Waals surface area contributed by atoms with Gasteiger partial charge in [-0.25, -0.2) is 4.68 Å². The molecule has 2 aliphatic heterocycles. The molecule has 0 unspecified atom stereocenters. The predicted octanol–water partition coefficient (Wildman–Crippen LogP) is 3.25. The maximum Gasteiger partial charge on any atom is 0.277 e. The second kappa shape index (κ2) is 8.77. The zero-order chi connectivity index (χ0) is 24.1. The molecular weight excluding hydrogens is 464 g/mol. The summed E-state index contributed by atoms with van der Waals surface area (Å²) in [6, 6.07) is 9.25. The molecule has 0 atom stereocenters. The van der Waals surface area contributed by atoms with E-state index in [2.05, 4.69) is 33.4 Å². The topological polar surface area (TPSA) is 83.4 Å². The Kier molecular flexibility index (Phi) is 5.57. The van der Waals surface area contributed by atoms with Gasteiger partial charge in [0.05, 0.1) is 17.6 Å². The fraction of sp³-hybridized carbons (Fsp3) is 0.385. The van der Waals surface area contributed by atoms with Crippen molar-refractivity contribution in [3.8, 4) is 5.69 Å². The average Bonchev–Trinajstić information content (AvgIpc) is 3.60. The molecule has 35 heavy (non-hydrogen) atoms. The molecule has 0 spiro atoms. The molecule has 6 rings (SSSR count). The number of pyridine rings is 1. The van der Waals surface area contributed by atoms with Crippen LogP contribution in [0, 0.1) is 5.92 Å². The van der Waals surface area contributed by atoms with Crippen molar-refractivity contribution >= 4 is 29.1 Å². The van der Waals surface area contributed by atoms with Crippen molar-refractivity contribution in [2.75, 3.05) is 31.6 Å². The van der Waals surface area contributed by atoms with Gasteiger partial charge < -0.3 is 15.1 Å². The predicted molar refractivity (Wildman–Crippen MR) is 133 cm³/mol. The molecule has 0 radical (unpaired) electrons. The molecule has 3 aliphatic rings. The van der Waals surface area contributed by atoms with Crippen LogP contribution in [0.2, 0.25) is 5.02 Å². The summed E-state index contributed by atoms with van der Waals surface area (Å²) >= 11 is 6.25. The Bertz CT molecular complexity index is 1330.